The molecule has 4 aromatic rings. The number of H-pyrrole nitrogens is 1. The first-order valence-electron chi connectivity index (χ1n) is 8.04. The Bertz CT molecular complexity index is 968. The standard InChI is InChI=1S/C20H17N3O2/c24-20(14-4-2-1-3-5-14)15-6-7-17-18(12-15)23-19(22-17)13-25-16-8-10-21-11-9-16/h1-12,20,24H,13H2,(H,22,23). The molecule has 5 heteroatoms. The lowest BCUT2D eigenvalue weighted by Gasteiger charge is -2.11. The predicted molar refractivity (Wildman–Crippen MR) is 95.2 cm³/mol. The van der Waals surface area contributed by atoms with Gasteiger partial charge < -0.3 is 14.8 Å². The fourth-order valence-corrected chi connectivity index (χ4v) is 2.73. The van der Waals surface area contributed by atoms with Crippen molar-refractivity contribution in [2.75, 3.05) is 0 Å². The molecule has 0 saturated carbocycles. The number of aromatic amines is 1. The largest absolute Gasteiger partial charge is 0.486 e. The average molecular weight is 331 g/mol. The van der Waals surface area contributed by atoms with Crippen LogP contribution in [0.15, 0.2) is 73.1 Å². The van der Waals surface area contributed by atoms with E-state index in [1.165, 1.54) is 0 Å². The summed E-state index contributed by atoms with van der Waals surface area (Å²) in [5.74, 6) is 1.48. The Morgan fingerprint density at radius 1 is 0.960 bits per heavy atom. The lowest BCUT2D eigenvalue weighted by Crippen LogP contribution is -1.99. The lowest BCUT2D eigenvalue weighted by molar-refractivity contribution is 0.220. The molecule has 0 aliphatic carbocycles. The number of fused-ring (bicyclic) bond motifs is 1. The van der Waals surface area contributed by atoms with Crippen molar-refractivity contribution >= 4 is 11.0 Å². The van der Waals surface area contributed by atoms with Crippen LogP contribution in [0.3, 0.4) is 0 Å². The van der Waals surface area contributed by atoms with Crippen LogP contribution >= 0.6 is 0 Å². The molecule has 1 atom stereocenters. The van der Waals surface area contributed by atoms with E-state index < -0.39 is 6.10 Å². The molecule has 2 aromatic carbocycles. The summed E-state index contributed by atoms with van der Waals surface area (Å²) in [5.41, 5.74) is 3.41. The van der Waals surface area contributed by atoms with Gasteiger partial charge in [-0.2, -0.15) is 0 Å². The third-order valence-electron chi connectivity index (χ3n) is 4.01. The second kappa shape index (κ2) is 6.75. The average Bonchev–Trinajstić information content (AvgIpc) is 3.09. The van der Waals surface area contributed by atoms with Crippen molar-refractivity contribution in [3.05, 3.63) is 90.0 Å². The van der Waals surface area contributed by atoms with Crippen molar-refractivity contribution < 1.29 is 9.84 Å². The normalized spacial score (nSPS) is 12.2. The number of ether oxygens (including phenoxy) is 1. The van der Waals surface area contributed by atoms with Gasteiger partial charge in [0.25, 0.3) is 0 Å². The summed E-state index contributed by atoms with van der Waals surface area (Å²) in [7, 11) is 0. The zero-order valence-electron chi connectivity index (χ0n) is 13.5. The van der Waals surface area contributed by atoms with Crippen LogP contribution in [0.5, 0.6) is 5.75 Å². The van der Waals surface area contributed by atoms with Gasteiger partial charge in [-0.05, 0) is 35.4 Å². The SMILES string of the molecule is OC(c1ccccc1)c1ccc2nc(COc3ccncc3)[nH]c2c1. The third kappa shape index (κ3) is 3.36. The van der Waals surface area contributed by atoms with Gasteiger partial charge in [0.15, 0.2) is 0 Å². The number of nitrogens with zero attached hydrogens (tertiary/aromatic N) is 2. The Hall–Kier alpha value is -3.18. The minimum Gasteiger partial charge on any atom is -0.486 e. The van der Waals surface area contributed by atoms with Gasteiger partial charge in [-0.1, -0.05) is 36.4 Å². The van der Waals surface area contributed by atoms with Crippen LogP contribution in [-0.2, 0) is 6.61 Å². The number of hydrogen-bond donors (Lipinski definition) is 2. The van der Waals surface area contributed by atoms with Crippen LogP contribution in [0.2, 0.25) is 0 Å². The zero-order valence-corrected chi connectivity index (χ0v) is 13.5. The first kappa shape index (κ1) is 15.4. The summed E-state index contributed by atoms with van der Waals surface area (Å²) >= 11 is 0. The molecule has 0 aliphatic heterocycles. The highest BCUT2D eigenvalue weighted by molar-refractivity contribution is 5.76. The van der Waals surface area contributed by atoms with Crippen LogP contribution in [-0.4, -0.2) is 20.1 Å². The van der Waals surface area contributed by atoms with E-state index in [9.17, 15) is 5.11 Å². The maximum Gasteiger partial charge on any atom is 0.146 e. The van der Waals surface area contributed by atoms with Crippen molar-refractivity contribution in [2.24, 2.45) is 0 Å². The number of benzene rings is 2. The molecule has 0 fully saturated rings. The molecule has 0 saturated heterocycles. The summed E-state index contributed by atoms with van der Waals surface area (Å²) in [6, 6.07) is 18.9. The van der Waals surface area contributed by atoms with Crippen molar-refractivity contribution in [1.29, 1.82) is 0 Å². The van der Waals surface area contributed by atoms with Crippen molar-refractivity contribution in [3.8, 4) is 5.75 Å². The molecule has 2 aromatic heterocycles. The van der Waals surface area contributed by atoms with Crippen LogP contribution in [0, 0.1) is 0 Å². The van der Waals surface area contributed by atoms with Gasteiger partial charge in [-0.25, -0.2) is 4.98 Å². The molecule has 5 nitrogen and oxygen atoms in total. The first-order chi connectivity index (χ1) is 12.3. The van der Waals surface area contributed by atoms with Gasteiger partial charge in [0.05, 0.1) is 11.0 Å². The Morgan fingerprint density at radius 3 is 2.56 bits per heavy atom. The molecule has 124 valence electrons. The topological polar surface area (TPSA) is 71.0 Å². The highest BCUT2D eigenvalue weighted by Crippen LogP contribution is 2.24. The molecule has 0 spiro atoms. The molecule has 25 heavy (non-hydrogen) atoms. The second-order valence-electron chi connectivity index (χ2n) is 5.74. The summed E-state index contributed by atoms with van der Waals surface area (Å²) in [4.78, 5) is 11.7. The van der Waals surface area contributed by atoms with E-state index in [4.69, 9.17) is 4.74 Å². The number of pyridine rings is 1. The maximum absolute atomic E-state index is 10.5. The second-order valence-corrected chi connectivity index (χ2v) is 5.74. The van der Waals surface area contributed by atoms with E-state index in [-0.39, 0.29) is 0 Å². The molecule has 0 bridgehead atoms. The van der Waals surface area contributed by atoms with Gasteiger partial charge in [-0.15, -0.1) is 0 Å². The highest BCUT2D eigenvalue weighted by atomic mass is 16.5. The van der Waals surface area contributed by atoms with Crippen LogP contribution < -0.4 is 4.74 Å². The van der Waals surface area contributed by atoms with Crippen molar-refractivity contribution in [3.63, 3.8) is 0 Å². The fourth-order valence-electron chi connectivity index (χ4n) is 2.73. The summed E-state index contributed by atoms with van der Waals surface area (Å²) in [5, 5.41) is 10.5. The zero-order chi connectivity index (χ0) is 17.1. The van der Waals surface area contributed by atoms with Gasteiger partial charge in [0.1, 0.15) is 24.3 Å². The summed E-state index contributed by atoms with van der Waals surface area (Å²) in [6.07, 6.45) is 2.71. The molecule has 0 radical (unpaired) electrons. The Morgan fingerprint density at radius 2 is 1.76 bits per heavy atom. The van der Waals surface area contributed by atoms with Gasteiger partial charge in [0.2, 0.25) is 0 Å². The van der Waals surface area contributed by atoms with E-state index in [2.05, 4.69) is 15.0 Å². The van der Waals surface area contributed by atoms with Gasteiger partial charge in [0, 0.05) is 12.4 Å². The van der Waals surface area contributed by atoms with E-state index >= 15 is 0 Å². The summed E-state index contributed by atoms with van der Waals surface area (Å²) < 4.78 is 5.69. The molecule has 1 unspecified atom stereocenters. The smallest absolute Gasteiger partial charge is 0.146 e. The van der Waals surface area contributed by atoms with Crippen molar-refractivity contribution in [2.45, 2.75) is 12.7 Å². The fraction of sp³-hybridized carbons (Fsp3) is 0.100. The van der Waals surface area contributed by atoms with Crippen LogP contribution in [0.4, 0.5) is 0 Å². The van der Waals surface area contributed by atoms with E-state index in [1.54, 1.807) is 24.5 Å². The number of aromatic nitrogens is 3. The number of hydrogen-bond acceptors (Lipinski definition) is 4. The molecular weight excluding hydrogens is 314 g/mol. The number of rotatable bonds is 5. The highest BCUT2D eigenvalue weighted by Gasteiger charge is 2.12. The van der Waals surface area contributed by atoms with Crippen LogP contribution in [0.25, 0.3) is 11.0 Å². The summed E-state index contributed by atoms with van der Waals surface area (Å²) in [6.45, 7) is 0.343. The Balaban J connectivity index is 1.55. The maximum atomic E-state index is 10.5. The lowest BCUT2D eigenvalue weighted by atomic mass is 10.0. The van der Waals surface area contributed by atoms with E-state index in [1.807, 2.05) is 48.5 Å². The van der Waals surface area contributed by atoms with E-state index in [0.717, 1.165) is 33.7 Å². The Kier molecular flexibility index (Phi) is 4.14. The number of aliphatic hydroxyl groups is 1. The quantitative estimate of drug-likeness (QED) is 0.586. The Labute approximate surface area is 145 Å². The molecule has 0 amide bonds. The number of imidazole rings is 1. The molecule has 4 rings (SSSR count). The van der Waals surface area contributed by atoms with Crippen LogP contribution in [0.1, 0.15) is 23.1 Å². The van der Waals surface area contributed by atoms with Gasteiger partial charge >= 0.3 is 0 Å². The minimum atomic E-state index is -0.662. The van der Waals surface area contributed by atoms with E-state index in [0.29, 0.717) is 6.61 Å². The molecular formula is C20H17N3O2. The van der Waals surface area contributed by atoms with Gasteiger partial charge in [-0.3, -0.25) is 4.98 Å². The minimum absolute atomic E-state index is 0.343. The monoisotopic (exact) mass is 331 g/mol. The molecule has 2 N–H and O–H groups in total. The number of nitrogens with one attached hydrogen (secondary N) is 1. The third-order valence-corrected chi connectivity index (χ3v) is 4.01. The number of aliphatic hydroxyl groups excluding tert-OH is 1. The predicted octanol–water partition coefficient (Wildman–Crippen LogP) is 3.62. The van der Waals surface area contributed by atoms with Crippen molar-refractivity contribution in [1.82, 2.24) is 15.0 Å². The molecule has 2 heterocycles. The molecule has 0 aliphatic rings. The first-order valence-corrected chi connectivity index (χ1v) is 8.04.